The summed E-state index contributed by atoms with van der Waals surface area (Å²) in [7, 11) is 0. The lowest BCUT2D eigenvalue weighted by molar-refractivity contribution is 0.481. The van der Waals surface area contributed by atoms with Crippen molar-refractivity contribution in [3.8, 4) is 11.3 Å². The Hall–Kier alpha value is -3.13. The molecule has 7 nitrogen and oxygen atoms in total. The van der Waals surface area contributed by atoms with Gasteiger partial charge in [0.1, 0.15) is 23.2 Å². The van der Waals surface area contributed by atoms with E-state index in [1.165, 1.54) is 32.1 Å². The number of hydrogen-bond acceptors (Lipinski definition) is 6. The summed E-state index contributed by atoms with van der Waals surface area (Å²) in [6.07, 6.45) is 6.08. The summed E-state index contributed by atoms with van der Waals surface area (Å²) >= 11 is 5.57. The van der Waals surface area contributed by atoms with Crippen molar-refractivity contribution in [1.82, 2.24) is 15.3 Å². The monoisotopic (exact) mass is 476 g/mol. The van der Waals surface area contributed by atoms with E-state index in [9.17, 15) is 0 Å². The molecule has 4 heterocycles. The van der Waals surface area contributed by atoms with Crippen molar-refractivity contribution < 1.29 is 4.42 Å². The standard InChI is InChI=1S/C26H32N6OS/c1-19-9-5-6-16-32(19)24-17-23(31-14-7-8-15-31)28-25(29-24)30-26(34)27-18-21-12-13-22(33-21)20-10-3-2-4-11-20/h2-4,10-13,17,19H,5-9,14-16,18H2,1H3,(H2,27,28,29,30,34)/t19-/m0/s1. The van der Waals surface area contributed by atoms with Crippen LogP contribution in [0.5, 0.6) is 0 Å². The van der Waals surface area contributed by atoms with E-state index in [2.05, 4.69) is 33.4 Å². The first-order valence-corrected chi connectivity index (χ1v) is 12.7. The highest BCUT2D eigenvalue weighted by Gasteiger charge is 2.23. The molecule has 2 N–H and O–H groups in total. The summed E-state index contributed by atoms with van der Waals surface area (Å²) in [5.74, 6) is 4.16. The third-order valence-corrected chi connectivity index (χ3v) is 6.84. The summed E-state index contributed by atoms with van der Waals surface area (Å²) in [4.78, 5) is 14.4. The Morgan fingerprint density at radius 1 is 1.00 bits per heavy atom. The second-order valence-corrected chi connectivity index (χ2v) is 9.49. The van der Waals surface area contributed by atoms with Gasteiger partial charge in [-0.1, -0.05) is 30.3 Å². The molecule has 0 spiro atoms. The van der Waals surface area contributed by atoms with Gasteiger partial charge in [0.25, 0.3) is 0 Å². The van der Waals surface area contributed by atoms with Crippen molar-refractivity contribution in [3.05, 3.63) is 54.3 Å². The first kappa shape index (κ1) is 22.7. The highest BCUT2D eigenvalue weighted by Crippen LogP contribution is 2.28. The number of thiocarbonyl (C=S) groups is 1. The van der Waals surface area contributed by atoms with Gasteiger partial charge in [0, 0.05) is 37.3 Å². The van der Waals surface area contributed by atoms with Crippen LogP contribution in [-0.4, -0.2) is 40.8 Å². The molecule has 0 radical (unpaired) electrons. The number of benzene rings is 1. The smallest absolute Gasteiger partial charge is 0.232 e. The Balaban J connectivity index is 1.27. The Kier molecular flexibility index (Phi) is 6.94. The van der Waals surface area contributed by atoms with E-state index in [4.69, 9.17) is 26.6 Å². The zero-order valence-electron chi connectivity index (χ0n) is 19.7. The average molecular weight is 477 g/mol. The number of nitrogens with one attached hydrogen (secondary N) is 2. The molecule has 34 heavy (non-hydrogen) atoms. The average Bonchev–Trinajstić information content (AvgIpc) is 3.56. The lowest BCUT2D eigenvalue weighted by atomic mass is 10.0. The minimum atomic E-state index is 0.478. The summed E-state index contributed by atoms with van der Waals surface area (Å²) in [6.45, 7) is 5.87. The van der Waals surface area contributed by atoms with Crippen molar-refractivity contribution in [2.45, 2.75) is 51.6 Å². The fourth-order valence-electron chi connectivity index (χ4n) is 4.72. The van der Waals surface area contributed by atoms with E-state index < -0.39 is 0 Å². The van der Waals surface area contributed by atoms with E-state index in [1.807, 2.05) is 42.5 Å². The quantitative estimate of drug-likeness (QED) is 0.471. The molecule has 0 amide bonds. The van der Waals surface area contributed by atoms with Crippen LogP contribution >= 0.6 is 12.2 Å². The first-order chi connectivity index (χ1) is 16.7. The molecule has 2 aromatic heterocycles. The molecule has 0 saturated carbocycles. The molecule has 2 aliphatic rings. The van der Waals surface area contributed by atoms with Gasteiger partial charge in [0.05, 0.1) is 6.54 Å². The van der Waals surface area contributed by atoms with Gasteiger partial charge in [-0.25, -0.2) is 0 Å². The van der Waals surface area contributed by atoms with Crippen LogP contribution in [0.2, 0.25) is 0 Å². The van der Waals surface area contributed by atoms with E-state index in [0.29, 0.717) is 23.6 Å². The molecular formula is C26H32N6OS. The van der Waals surface area contributed by atoms with Crippen molar-refractivity contribution in [3.63, 3.8) is 0 Å². The predicted molar refractivity (Wildman–Crippen MR) is 141 cm³/mol. The molecule has 1 atom stereocenters. The number of furan rings is 1. The molecule has 0 unspecified atom stereocenters. The van der Waals surface area contributed by atoms with Gasteiger partial charge in [-0.3, -0.25) is 0 Å². The van der Waals surface area contributed by atoms with Crippen LogP contribution in [0.25, 0.3) is 11.3 Å². The predicted octanol–water partition coefficient (Wildman–Crippen LogP) is 5.20. The largest absolute Gasteiger partial charge is 0.459 e. The number of hydrogen-bond donors (Lipinski definition) is 2. The van der Waals surface area contributed by atoms with Crippen LogP contribution < -0.4 is 20.4 Å². The van der Waals surface area contributed by atoms with Crippen LogP contribution in [0.15, 0.2) is 52.9 Å². The topological polar surface area (TPSA) is 69.5 Å². The Labute approximate surface area is 206 Å². The third kappa shape index (κ3) is 5.33. The molecule has 0 bridgehead atoms. The maximum atomic E-state index is 5.97. The van der Waals surface area contributed by atoms with E-state index in [0.717, 1.165) is 48.4 Å². The Morgan fingerprint density at radius 3 is 2.56 bits per heavy atom. The Morgan fingerprint density at radius 2 is 1.76 bits per heavy atom. The molecule has 2 fully saturated rings. The SMILES string of the molecule is C[C@H]1CCCCN1c1cc(N2CCCC2)nc(NC(=S)NCc2ccc(-c3ccccc3)o2)n1. The van der Waals surface area contributed by atoms with Crippen LogP contribution in [0, 0.1) is 0 Å². The maximum absolute atomic E-state index is 5.97. The summed E-state index contributed by atoms with van der Waals surface area (Å²) in [5, 5.41) is 6.92. The highest BCUT2D eigenvalue weighted by molar-refractivity contribution is 7.80. The van der Waals surface area contributed by atoms with E-state index in [-0.39, 0.29) is 0 Å². The number of piperidine rings is 1. The maximum Gasteiger partial charge on any atom is 0.232 e. The van der Waals surface area contributed by atoms with Crippen molar-refractivity contribution in [2.24, 2.45) is 0 Å². The summed E-state index contributed by atoms with van der Waals surface area (Å²) in [6, 6.07) is 16.6. The van der Waals surface area contributed by atoms with Gasteiger partial charge in [-0.2, -0.15) is 9.97 Å². The molecule has 3 aromatic rings. The third-order valence-electron chi connectivity index (χ3n) is 6.59. The van der Waals surface area contributed by atoms with E-state index >= 15 is 0 Å². The van der Waals surface area contributed by atoms with Gasteiger partial charge >= 0.3 is 0 Å². The van der Waals surface area contributed by atoms with Gasteiger partial charge in [0.2, 0.25) is 5.95 Å². The molecule has 2 aliphatic heterocycles. The lowest BCUT2D eigenvalue weighted by Gasteiger charge is -2.35. The number of aromatic nitrogens is 2. The van der Waals surface area contributed by atoms with Crippen LogP contribution in [0.4, 0.5) is 17.6 Å². The van der Waals surface area contributed by atoms with Crippen molar-refractivity contribution in [2.75, 3.05) is 34.8 Å². The van der Waals surface area contributed by atoms with Crippen molar-refractivity contribution in [1.29, 1.82) is 0 Å². The van der Waals surface area contributed by atoms with Crippen LogP contribution in [-0.2, 0) is 6.54 Å². The zero-order chi connectivity index (χ0) is 23.3. The molecule has 178 valence electrons. The number of rotatable bonds is 6. The molecule has 1 aromatic carbocycles. The van der Waals surface area contributed by atoms with E-state index in [1.54, 1.807) is 0 Å². The van der Waals surface area contributed by atoms with Gasteiger partial charge in [-0.05, 0) is 63.4 Å². The van der Waals surface area contributed by atoms with Crippen molar-refractivity contribution >= 4 is 34.9 Å². The lowest BCUT2D eigenvalue weighted by Crippen LogP contribution is -2.38. The van der Waals surface area contributed by atoms with Gasteiger partial charge < -0.3 is 24.9 Å². The Bertz CT molecular complexity index is 1110. The molecule has 8 heteroatoms. The van der Waals surface area contributed by atoms with Gasteiger partial charge in [-0.15, -0.1) is 0 Å². The fourth-order valence-corrected chi connectivity index (χ4v) is 4.88. The first-order valence-electron chi connectivity index (χ1n) is 12.3. The zero-order valence-corrected chi connectivity index (χ0v) is 20.5. The fraction of sp³-hybridized carbons (Fsp3) is 0.423. The van der Waals surface area contributed by atoms with Crippen LogP contribution in [0.1, 0.15) is 44.8 Å². The molecule has 2 saturated heterocycles. The molecule has 5 rings (SSSR count). The highest BCUT2D eigenvalue weighted by atomic mass is 32.1. The number of nitrogens with zero attached hydrogens (tertiary/aromatic N) is 4. The minimum absolute atomic E-state index is 0.478. The molecular weight excluding hydrogens is 444 g/mol. The van der Waals surface area contributed by atoms with Crippen LogP contribution in [0.3, 0.4) is 0 Å². The molecule has 0 aliphatic carbocycles. The summed E-state index contributed by atoms with van der Waals surface area (Å²) < 4.78 is 5.97. The van der Waals surface area contributed by atoms with Gasteiger partial charge in [0.15, 0.2) is 5.11 Å². The second-order valence-electron chi connectivity index (χ2n) is 9.08. The number of anilines is 3. The summed E-state index contributed by atoms with van der Waals surface area (Å²) in [5.41, 5.74) is 1.06. The normalized spacial score (nSPS) is 18.2. The second kappa shape index (κ2) is 10.4. The minimum Gasteiger partial charge on any atom is -0.459 e.